The largest absolute Gasteiger partial charge is 0.393 e. The first-order valence-electron chi connectivity index (χ1n) is 3.48. The lowest BCUT2D eigenvalue weighted by Crippen LogP contribution is -1.82. The van der Waals surface area contributed by atoms with Gasteiger partial charge in [0.05, 0.1) is 6.10 Å². The summed E-state index contributed by atoms with van der Waals surface area (Å²) in [6, 6.07) is 0. The second-order valence-electron chi connectivity index (χ2n) is 2.47. The zero-order valence-electron chi connectivity index (χ0n) is 5.72. The van der Waals surface area contributed by atoms with E-state index >= 15 is 0 Å². The van der Waals surface area contributed by atoms with Crippen molar-refractivity contribution in [3.05, 3.63) is 0 Å². The van der Waals surface area contributed by atoms with Crippen molar-refractivity contribution in [1.29, 1.82) is 0 Å². The molecule has 0 radical (unpaired) electrons. The van der Waals surface area contributed by atoms with E-state index < -0.39 is 0 Å². The Morgan fingerprint density at radius 2 is 2.22 bits per heavy atom. The summed E-state index contributed by atoms with van der Waals surface area (Å²) in [4.78, 5) is 0. The van der Waals surface area contributed by atoms with Crippen LogP contribution in [0.5, 0.6) is 0 Å². The monoisotopic (exact) mass is 124 g/mol. The molecule has 1 rings (SSSR count). The topological polar surface area (TPSA) is 20.2 Å². The fourth-order valence-corrected chi connectivity index (χ4v) is 0.779. The SMILES string of the molecule is CCC#CC[C@@H]1C[C@H]1O. The van der Waals surface area contributed by atoms with Crippen molar-refractivity contribution in [2.24, 2.45) is 5.92 Å². The van der Waals surface area contributed by atoms with Crippen LogP contribution in [-0.2, 0) is 0 Å². The Kier molecular flexibility index (Phi) is 2.13. The van der Waals surface area contributed by atoms with Gasteiger partial charge in [0.2, 0.25) is 0 Å². The Balaban J connectivity index is 2.06. The van der Waals surface area contributed by atoms with Gasteiger partial charge in [0, 0.05) is 12.8 Å². The fourth-order valence-electron chi connectivity index (χ4n) is 0.779. The molecule has 1 heteroatoms. The zero-order chi connectivity index (χ0) is 6.69. The highest BCUT2D eigenvalue weighted by Crippen LogP contribution is 2.32. The van der Waals surface area contributed by atoms with Crippen LogP contribution in [-0.4, -0.2) is 11.2 Å². The first-order chi connectivity index (χ1) is 4.34. The van der Waals surface area contributed by atoms with Gasteiger partial charge in [-0.25, -0.2) is 0 Å². The lowest BCUT2D eigenvalue weighted by molar-refractivity contribution is 0.260. The van der Waals surface area contributed by atoms with Crippen molar-refractivity contribution in [2.45, 2.75) is 32.3 Å². The van der Waals surface area contributed by atoms with Gasteiger partial charge in [-0.2, -0.15) is 0 Å². The summed E-state index contributed by atoms with van der Waals surface area (Å²) in [6.45, 7) is 2.04. The van der Waals surface area contributed by atoms with Crippen LogP contribution in [0.2, 0.25) is 0 Å². The molecule has 1 aliphatic carbocycles. The lowest BCUT2D eigenvalue weighted by Gasteiger charge is -1.81. The average Bonchev–Trinajstić information content (AvgIpc) is 2.48. The summed E-state index contributed by atoms with van der Waals surface area (Å²) < 4.78 is 0. The van der Waals surface area contributed by atoms with Gasteiger partial charge in [0.25, 0.3) is 0 Å². The van der Waals surface area contributed by atoms with Gasteiger partial charge in [-0.3, -0.25) is 0 Å². The van der Waals surface area contributed by atoms with E-state index in [2.05, 4.69) is 11.8 Å². The van der Waals surface area contributed by atoms with Crippen LogP contribution in [0.15, 0.2) is 0 Å². The molecule has 0 aromatic rings. The Labute approximate surface area is 56.1 Å². The van der Waals surface area contributed by atoms with Gasteiger partial charge < -0.3 is 5.11 Å². The molecular formula is C8H12O. The van der Waals surface area contributed by atoms with Crippen LogP contribution in [0.1, 0.15) is 26.2 Å². The number of aliphatic hydroxyl groups excluding tert-OH is 1. The first-order valence-corrected chi connectivity index (χ1v) is 3.48. The maximum atomic E-state index is 8.86. The van der Waals surface area contributed by atoms with Gasteiger partial charge in [-0.1, -0.05) is 6.92 Å². The van der Waals surface area contributed by atoms with Crippen molar-refractivity contribution in [1.82, 2.24) is 0 Å². The predicted octanol–water partition coefficient (Wildman–Crippen LogP) is 1.17. The van der Waals surface area contributed by atoms with Crippen LogP contribution in [0.3, 0.4) is 0 Å². The highest BCUT2D eigenvalue weighted by Gasteiger charge is 2.33. The minimum atomic E-state index is -0.0313. The lowest BCUT2D eigenvalue weighted by atomic mass is 10.3. The number of hydrogen-bond donors (Lipinski definition) is 1. The summed E-state index contributed by atoms with van der Waals surface area (Å²) >= 11 is 0. The second-order valence-corrected chi connectivity index (χ2v) is 2.47. The van der Waals surface area contributed by atoms with E-state index in [1.54, 1.807) is 0 Å². The maximum absolute atomic E-state index is 8.86. The molecule has 50 valence electrons. The Hall–Kier alpha value is -0.480. The first kappa shape index (κ1) is 6.64. The Bertz CT molecular complexity index is 140. The zero-order valence-corrected chi connectivity index (χ0v) is 5.72. The van der Waals surface area contributed by atoms with Gasteiger partial charge >= 0.3 is 0 Å². The van der Waals surface area contributed by atoms with E-state index in [-0.39, 0.29) is 6.10 Å². The molecule has 0 heterocycles. The van der Waals surface area contributed by atoms with Gasteiger partial charge in [-0.15, -0.1) is 11.8 Å². The molecule has 0 spiro atoms. The molecule has 0 aromatic carbocycles. The number of hydrogen-bond acceptors (Lipinski definition) is 1. The van der Waals surface area contributed by atoms with E-state index in [0.29, 0.717) is 5.92 Å². The summed E-state index contributed by atoms with van der Waals surface area (Å²) in [7, 11) is 0. The molecule has 1 N–H and O–H groups in total. The number of aliphatic hydroxyl groups is 1. The second kappa shape index (κ2) is 2.89. The molecule has 1 aliphatic rings. The van der Waals surface area contributed by atoms with Gasteiger partial charge in [0.1, 0.15) is 0 Å². The van der Waals surface area contributed by atoms with E-state index in [1.807, 2.05) is 6.92 Å². The molecule has 0 amide bonds. The third kappa shape index (κ3) is 2.07. The summed E-state index contributed by atoms with van der Waals surface area (Å²) in [5, 5.41) is 8.86. The fraction of sp³-hybridized carbons (Fsp3) is 0.750. The molecule has 0 unspecified atom stereocenters. The van der Waals surface area contributed by atoms with Gasteiger partial charge in [0.15, 0.2) is 0 Å². The molecule has 0 aliphatic heterocycles. The minimum absolute atomic E-state index is 0.0313. The Morgan fingerprint density at radius 1 is 1.56 bits per heavy atom. The van der Waals surface area contributed by atoms with E-state index in [9.17, 15) is 0 Å². The van der Waals surface area contributed by atoms with E-state index in [4.69, 9.17) is 5.11 Å². The highest BCUT2D eigenvalue weighted by atomic mass is 16.3. The minimum Gasteiger partial charge on any atom is -0.393 e. The predicted molar refractivity (Wildman–Crippen MR) is 36.8 cm³/mol. The van der Waals surface area contributed by atoms with Crippen molar-refractivity contribution in [2.75, 3.05) is 0 Å². The highest BCUT2D eigenvalue weighted by molar-refractivity contribution is 5.03. The molecule has 9 heavy (non-hydrogen) atoms. The smallest absolute Gasteiger partial charge is 0.0582 e. The quantitative estimate of drug-likeness (QED) is 0.520. The van der Waals surface area contributed by atoms with Crippen molar-refractivity contribution >= 4 is 0 Å². The maximum Gasteiger partial charge on any atom is 0.0582 e. The standard InChI is InChI=1S/C8H12O/c1-2-3-4-5-7-6-8(7)9/h7-9H,2,5-6H2,1H3/t7-,8-/m1/s1. The van der Waals surface area contributed by atoms with Crippen molar-refractivity contribution < 1.29 is 5.11 Å². The molecule has 2 atom stereocenters. The van der Waals surface area contributed by atoms with Crippen molar-refractivity contribution in [3.63, 3.8) is 0 Å². The van der Waals surface area contributed by atoms with Crippen LogP contribution in [0.25, 0.3) is 0 Å². The third-order valence-electron chi connectivity index (χ3n) is 1.55. The summed E-state index contributed by atoms with van der Waals surface area (Å²) in [5.74, 6) is 6.50. The van der Waals surface area contributed by atoms with Crippen LogP contribution in [0, 0.1) is 17.8 Å². The number of rotatable bonds is 1. The molecule has 0 saturated heterocycles. The molecule has 1 nitrogen and oxygen atoms in total. The van der Waals surface area contributed by atoms with Gasteiger partial charge in [-0.05, 0) is 12.3 Å². The Morgan fingerprint density at radius 3 is 2.67 bits per heavy atom. The summed E-state index contributed by atoms with van der Waals surface area (Å²) in [6.07, 6.45) is 2.77. The molecule has 0 aromatic heterocycles. The average molecular weight is 124 g/mol. The summed E-state index contributed by atoms with van der Waals surface area (Å²) in [5.41, 5.74) is 0. The van der Waals surface area contributed by atoms with Crippen molar-refractivity contribution in [3.8, 4) is 11.8 Å². The van der Waals surface area contributed by atoms with E-state index in [1.165, 1.54) is 0 Å². The molecule has 1 fully saturated rings. The van der Waals surface area contributed by atoms with Crippen LogP contribution < -0.4 is 0 Å². The van der Waals surface area contributed by atoms with E-state index in [0.717, 1.165) is 19.3 Å². The van der Waals surface area contributed by atoms with Crippen LogP contribution in [0.4, 0.5) is 0 Å². The molecular weight excluding hydrogens is 112 g/mol. The van der Waals surface area contributed by atoms with Crippen LogP contribution >= 0.6 is 0 Å². The molecule has 0 bridgehead atoms. The normalized spacial score (nSPS) is 30.9. The molecule has 1 saturated carbocycles. The third-order valence-corrected chi connectivity index (χ3v) is 1.55.